The summed E-state index contributed by atoms with van der Waals surface area (Å²) in [6, 6.07) is 9.45. The third kappa shape index (κ3) is 5.11. The van der Waals surface area contributed by atoms with Gasteiger partial charge >= 0.3 is 0 Å². The van der Waals surface area contributed by atoms with E-state index in [1.807, 2.05) is 22.4 Å². The summed E-state index contributed by atoms with van der Waals surface area (Å²) in [7, 11) is 0. The lowest BCUT2D eigenvalue weighted by Crippen LogP contribution is -2.50. The van der Waals surface area contributed by atoms with Gasteiger partial charge in [0.25, 0.3) is 5.91 Å². The fourth-order valence-corrected chi connectivity index (χ4v) is 4.66. The van der Waals surface area contributed by atoms with Crippen LogP contribution in [0, 0.1) is 11.7 Å². The van der Waals surface area contributed by atoms with E-state index < -0.39 is 5.92 Å². The third-order valence-corrected chi connectivity index (χ3v) is 6.61. The van der Waals surface area contributed by atoms with Crippen LogP contribution in [0.1, 0.15) is 16.1 Å². The van der Waals surface area contributed by atoms with Gasteiger partial charge in [0, 0.05) is 57.9 Å². The number of hydrogen-bond donors (Lipinski definition) is 1. The van der Waals surface area contributed by atoms with Gasteiger partial charge in [0.1, 0.15) is 5.82 Å². The molecule has 2 aromatic rings. The van der Waals surface area contributed by atoms with Crippen LogP contribution in [-0.2, 0) is 9.59 Å². The van der Waals surface area contributed by atoms with Crippen molar-refractivity contribution in [3.63, 3.8) is 0 Å². The monoisotopic (exact) mass is 444 g/mol. The van der Waals surface area contributed by atoms with Crippen LogP contribution in [0.15, 0.2) is 41.8 Å². The molecule has 4 rings (SSSR count). The first kappa shape index (κ1) is 21.5. The van der Waals surface area contributed by atoms with Gasteiger partial charge in [-0.05, 0) is 35.7 Å². The summed E-state index contributed by atoms with van der Waals surface area (Å²) in [5, 5.41) is 4.84. The number of thiophene rings is 1. The molecule has 0 bridgehead atoms. The SMILES string of the molecule is O=C(NCCN1CCN(C(=O)c2cccs2)CC1)C1CC(=O)N(c2ccc(F)cc2)C1. The highest BCUT2D eigenvalue weighted by Gasteiger charge is 2.35. The minimum absolute atomic E-state index is 0.0829. The number of nitrogens with one attached hydrogen (secondary N) is 1. The van der Waals surface area contributed by atoms with Crippen molar-refractivity contribution in [3.8, 4) is 0 Å². The van der Waals surface area contributed by atoms with Crippen LogP contribution in [0.2, 0.25) is 0 Å². The van der Waals surface area contributed by atoms with E-state index in [1.165, 1.54) is 28.4 Å². The van der Waals surface area contributed by atoms with E-state index >= 15 is 0 Å². The van der Waals surface area contributed by atoms with Crippen LogP contribution in [-0.4, -0.2) is 73.3 Å². The Bertz CT molecular complexity index is 927. The van der Waals surface area contributed by atoms with E-state index in [2.05, 4.69) is 10.2 Å². The summed E-state index contributed by atoms with van der Waals surface area (Å²) >= 11 is 1.46. The maximum Gasteiger partial charge on any atom is 0.264 e. The Labute approximate surface area is 184 Å². The predicted molar refractivity (Wildman–Crippen MR) is 117 cm³/mol. The predicted octanol–water partition coefficient (Wildman–Crippen LogP) is 1.81. The van der Waals surface area contributed by atoms with E-state index in [-0.39, 0.29) is 30.0 Å². The fourth-order valence-electron chi connectivity index (χ4n) is 3.97. The third-order valence-electron chi connectivity index (χ3n) is 5.75. The lowest BCUT2D eigenvalue weighted by molar-refractivity contribution is -0.126. The van der Waals surface area contributed by atoms with Gasteiger partial charge < -0.3 is 15.1 Å². The number of carbonyl (C=O) groups excluding carboxylic acids is 3. The Hall–Kier alpha value is -2.78. The second-order valence-electron chi connectivity index (χ2n) is 7.78. The molecule has 1 N–H and O–H groups in total. The Morgan fingerprint density at radius 1 is 1.10 bits per heavy atom. The number of nitrogens with zero attached hydrogens (tertiary/aromatic N) is 3. The van der Waals surface area contributed by atoms with E-state index in [1.54, 1.807) is 12.1 Å². The van der Waals surface area contributed by atoms with Gasteiger partial charge in [0.2, 0.25) is 11.8 Å². The zero-order valence-corrected chi connectivity index (χ0v) is 17.9. The maximum atomic E-state index is 13.1. The molecule has 7 nitrogen and oxygen atoms in total. The van der Waals surface area contributed by atoms with Crippen molar-refractivity contribution in [2.45, 2.75) is 6.42 Å². The summed E-state index contributed by atoms with van der Waals surface area (Å²) < 4.78 is 13.1. The molecule has 9 heteroatoms. The highest BCUT2D eigenvalue weighted by molar-refractivity contribution is 7.12. The molecule has 1 aromatic carbocycles. The molecule has 2 saturated heterocycles. The van der Waals surface area contributed by atoms with Crippen LogP contribution in [0.3, 0.4) is 0 Å². The first-order valence-corrected chi connectivity index (χ1v) is 11.3. The smallest absolute Gasteiger partial charge is 0.264 e. The minimum atomic E-state index is -0.405. The summed E-state index contributed by atoms with van der Waals surface area (Å²) in [5.41, 5.74) is 0.608. The average Bonchev–Trinajstić information content (AvgIpc) is 3.44. The number of benzene rings is 1. The van der Waals surface area contributed by atoms with Gasteiger partial charge in [-0.3, -0.25) is 19.3 Å². The van der Waals surface area contributed by atoms with Crippen LogP contribution < -0.4 is 10.2 Å². The van der Waals surface area contributed by atoms with Crippen molar-refractivity contribution in [3.05, 3.63) is 52.5 Å². The normalized spacial score (nSPS) is 19.6. The van der Waals surface area contributed by atoms with Crippen molar-refractivity contribution in [2.24, 2.45) is 5.92 Å². The average molecular weight is 445 g/mol. The van der Waals surface area contributed by atoms with Crippen LogP contribution in [0.5, 0.6) is 0 Å². The molecule has 2 aliphatic heterocycles. The van der Waals surface area contributed by atoms with Crippen molar-refractivity contribution in [1.82, 2.24) is 15.1 Å². The largest absolute Gasteiger partial charge is 0.355 e. The van der Waals surface area contributed by atoms with E-state index in [4.69, 9.17) is 0 Å². The molecule has 3 heterocycles. The highest BCUT2D eigenvalue weighted by atomic mass is 32.1. The van der Waals surface area contributed by atoms with Gasteiger partial charge in [-0.1, -0.05) is 6.07 Å². The van der Waals surface area contributed by atoms with Crippen molar-refractivity contribution in [2.75, 3.05) is 50.7 Å². The molecular weight excluding hydrogens is 419 g/mol. The van der Waals surface area contributed by atoms with Crippen LogP contribution >= 0.6 is 11.3 Å². The summed E-state index contributed by atoms with van der Waals surface area (Å²) in [4.78, 5) is 43.6. The molecular formula is C22H25FN4O3S. The number of halogens is 1. The maximum absolute atomic E-state index is 13.1. The molecule has 0 aliphatic carbocycles. The summed E-state index contributed by atoms with van der Waals surface area (Å²) in [5.74, 6) is -0.943. The molecule has 164 valence electrons. The fraction of sp³-hybridized carbons (Fsp3) is 0.409. The van der Waals surface area contributed by atoms with E-state index in [0.29, 0.717) is 38.4 Å². The molecule has 1 atom stereocenters. The van der Waals surface area contributed by atoms with Gasteiger partial charge in [0.15, 0.2) is 0 Å². The molecule has 2 aliphatic rings. The standard InChI is InChI=1S/C22H25FN4O3S/c23-17-3-5-18(6-4-17)27-15-16(14-20(27)28)21(29)24-7-8-25-9-11-26(12-10-25)22(30)19-2-1-13-31-19/h1-6,13,16H,7-12,14-15H2,(H,24,29). The Kier molecular flexibility index (Phi) is 6.62. The molecule has 1 aromatic heterocycles. The Balaban J connectivity index is 1.18. The molecule has 0 saturated carbocycles. The lowest BCUT2D eigenvalue weighted by Gasteiger charge is -2.34. The Morgan fingerprint density at radius 2 is 1.84 bits per heavy atom. The zero-order chi connectivity index (χ0) is 21.8. The van der Waals surface area contributed by atoms with E-state index in [9.17, 15) is 18.8 Å². The molecule has 0 spiro atoms. The minimum Gasteiger partial charge on any atom is -0.355 e. The molecule has 31 heavy (non-hydrogen) atoms. The number of amides is 3. The van der Waals surface area contributed by atoms with Crippen molar-refractivity contribution in [1.29, 1.82) is 0 Å². The number of hydrogen-bond acceptors (Lipinski definition) is 5. The van der Waals surface area contributed by atoms with Gasteiger partial charge in [-0.2, -0.15) is 0 Å². The quantitative estimate of drug-likeness (QED) is 0.738. The second-order valence-corrected chi connectivity index (χ2v) is 8.73. The second kappa shape index (κ2) is 9.57. The number of carbonyl (C=O) groups is 3. The van der Waals surface area contributed by atoms with Crippen molar-refractivity contribution < 1.29 is 18.8 Å². The topological polar surface area (TPSA) is 73.0 Å². The number of anilines is 1. The lowest BCUT2D eigenvalue weighted by atomic mass is 10.1. The van der Waals surface area contributed by atoms with Gasteiger partial charge in [-0.15, -0.1) is 11.3 Å². The first-order valence-electron chi connectivity index (χ1n) is 10.4. The number of rotatable bonds is 6. The molecule has 1 unspecified atom stereocenters. The summed E-state index contributed by atoms with van der Waals surface area (Å²) in [6.07, 6.45) is 0.159. The highest BCUT2D eigenvalue weighted by Crippen LogP contribution is 2.25. The zero-order valence-electron chi connectivity index (χ0n) is 17.1. The Morgan fingerprint density at radius 3 is 2.52 bits per heavy atom. The molecule has 3 amide bonds. The van der Waals surface area contributed by atoms with E-state index in [0.717, 1.165) is 18.0 Å². The number of piperazine rings is 1. The summed E-state index contributed by atoms with van der Waals surface area (Å²) in [6.45, 7) is 4.40. The van der Waals surface area contributed by atoms with Crippen LogP contribution in [0.25, 0.3) is 0 Å². The van der Waals surface area contributed by atoms with Crippen LogP contribution in [0.4, 0.5) is 10.1 Å². The first-order chi connectivity index (χ1) is 15.0. The molecule has 0 radical (unpaired) electrons. The van der Waals surface area contributed by atoms with Gasteiger partial charge in [-0.25, -0.2) is 4.39 Å². The van der Waals surface area contributed by atoms with Crippen molar-refractivity contribution >= 4 is 34.7 Å². The van der Waals surface area contributed by atoms with Gasteiger partial charge in [0.05, 0.1) is 10.8 Å². The molecule has 2 fully saturated rings.